The first kappa shape index (κ1) is 17.9. The van der Waals surface area contributed by atoms with E-state index in [-0.39, 0.29) is 0 Å². The van der Waals surface area contributed by atoms with Gasteiger partial charge < -0.3 is 9.88 Å². The summed E-state index contributed by atoms with van der Waals surface area (Å²) < 4.78 is 2.15. The van der Waals surface area contributed by atoms with E-state index in [1.807, 2.05) is 49.5 Å². The predicted octanol–water partition coefficient (Wildman–Crippen LogP) is 4.47. The smallest absolute Gasteiger partial charge is 0.191 e. The number of aromatic nitrogens is 1. The van der Waals surface area contributed by atoms with Gasteiger partial charge in [0.2, 0.25) is 0 Å². The molecule has 1 aromatic heterocycles. The van der Waals surface area contributed by atoms with Crippen LogP contribution in [0.3, 0.4) is 0 Å². The first-order valence-electron chi connectivity index (χ1n) is 8.48. The molecule has 0 bridgehead atoms. The van der Waals surface area contributed by atoms with Crippen LogP contribution in [0.5, 0.6) is 0 Å². The van der Waals surface area contributed by atoms with E-state index in [9.17, 15) is 0 Å². The number of para-hydroxylation sites is 1. The van der Waals surface area contributed by atoms with Gasteiger partial charge in [0, 0.05) is 18.4 Å². The van der Waals surface area contributed by atoms with Crippen molar-refractivity contribution in [3.05, 3.63) is 89.2 Å². The van der Waals surface area contributed by atoms with Gasteiger partial charge in [0.15, 0.2) is 5.11 Å². The van der Waals surface area contributed by atoms with Crippen LogP contribution in [-0.2, 0) is 6.54 Å². The molecule has 0 saturated heterocycles. The molecular weight excluding hydrogens is 340 g/mol. The quantitative estimate of drug-likeness (QED) is 0.400. The second-order valence-electron chi connectivity index (χ2n) is 6.19. The molecule has 1 heterocycles. The third-order valence-electron chi connectivity index (χ3n) is 4.06. The minimum Gasteiger partial charge on any atom is -0.342 e. The number of benzene rings is 2. The molecule has 3 rings (SSSR count). The predicted molar refractivity (Wildman–Crippen MR) is 113 cm³/mol. The molecule has 2 N–H and O–H groups in total. The molecule has 5 heteroatoms. The van der Waals surface area contributed by atoms with E-state index >= 15 is 0 Å². The number of hydrogen-bond acceptors (Lipinski definition) is 2. The van der Waals surface area contributed by atoms with Gasteiger partial charge in [-0.1, -0.05) is 48.0 Å². The summed E-state index contributed by atoms with van der Waals surface area (Å²) in [6.45, 7) is 4.95. The lowest BCUT2D eigenvalue weighted by molar-refractivity contribution is 0.798. The summed E-state index contributed by atoms with van der Waals surface area (Å²) in [5.41, 5.74) is 8.52. The molecule has 4 nitrogen and oxygen atoms in total. The van der Waals surface area contributed by atoms with Crippen molar-refractivity contribution >= 4 is 29.2 Å². The van der Waals surface area contributed by atoms with Crippen molar-refractivity contribution in [3.63, 3.8) is 0 Å². The summed E-state index contributed by atoms with van der Waals surface area (Å²) in [6, 6.07) is 20.5. The molecular formula is C21H22N4S. The third kappa shape index (κ3) is 4.80. The van der Waals surface area contributed by atoms with Crippen molar-refractivity contribution in [2.24, 2.45) is 5.10 Å². The Morgan fingerprint density at radius 2 is 1.92 bits per heavy atom. The van der Waals surface area contributed by atoms with Crippen molar-refractivity contribution in [2.75, 3.05) is 5.32 Å². The highest BCUT2D eigenvalue weighted by Crippen LogP contribution is 2.12. The summed E-state index contributed by atoms with van der Waals surface area (Å²) in [5.74, 6) is 0. The summed E-state index contributed by atoms with van der Waals surface area (Å²) in [7, 11) is 0. The zero-order valence-electron chi connectivity index (χ0n) is 14.9. The lowest BCUT2D eigenvalue weighted by Gasteiger charge is -2.10. The molecule has 0 fully saturated rings. The number of hydrogen-bond donors (Lipinski definition) is 2. The van der Waals surface area contributed by atoms with Crippen molar-refractivity contribution < 1.29 is 0 Å². The zero-order chi connectivity index (χ0) is 18.4. The molecule has 2 aromatic carbocycles. The lowest BCUT2D eigenvalue weighted by Crippen LogP contribution is -2.24. The van der Waals surface area contributed by atoms with E-state index in [1.165, 1.54) is 11.1 Å². The maximum atomic E-state index is 5.30. The van der Waals surface area contributed by atoms with E-state index in [0.717, 1.165) is 23.5 Å². The van der Waals surface area contributed by atoms with E-state index in [4.69, 9.17) is 12.2 Å². The normalized spacial score (nSPS) is 10.8. The number of thiocarbonyl (C=S) groups is 1. The van der Waals surface area contributed by atoms with Crippen molar-refractivity contribution in [2.45, 2.75) is 20.4 Å². The maximum absolute atomic E-state index is 5.30. The molecule has 0 amide bonds. The molecule has 26 heavy (non-hydrogen) atoms. The van der Waals surface area contributed by atoms with Crippen LogP contribution in [-0.4, -0.2) is 15.9 Å². The van der Waals surface area contributed by atoms with Gasteiger partial charge in [-0.2, -0.15) is 5.10 Å². The highest BCUT2D eigenvalue weighted by atomic mass is 32.1. The van der Waals surface area contributed by atoms with Gasteiger partial charge in [0.1, 0.15) is 0 Å². The summed E-state index contributed by atoms with van der Waals surface area (Å²) >= 11 is 5.30. The molecule has 0 atom stereocenters. The van der Waals surface area contributed by atoms with Gasteiger partial charge in [-0.3, -0.25) is 5.43 Å². The Balaban J connectivity index is 1.60. The number of anilines is 1. The molecule has 0 saturated carbocycles. The van der Waals surface area contributed by atoms with Crippen molar-refractivity contribution in [1.29, 1.82) is 0 Å². The van der Waals surface area contributed by atoms with Crippen LogP contribution in [0.15, 0.2) is 72.0 Å². The molecule has 3 aromatic rings. The highest BCUT2D eigenvalue weighted by molar-refractivity contribution is 7.80. The number of rotatable bonds is 5. The zero-order valence-corrected chi connectivity index (χ0v) is 15.8. The fourth-order valence-corrected chi connectivity index (χ4v) is 2.88. The van der Waals surface area contributed by atoms with E-state index in [1.54, 1.807) is 6.21 Å². The van der Waals surface area contributed by atoms with E-state index in [2.05, 4.69) is 51.6 Å². The largest absolute Gasteiger partial charge is 0.342 e. The van der Waals surface area contributed by atoms with Crippen LogP contribution in [0.1, 0.15) is 22.4 Å². The van der Waals surface area contributed by atoms with Crippen molar-refractivity contribution in [1.82, 2.24) is 9.99 Å². The molecule has 0 aliphatic carbocycles. The monoisotopic (exact) mass is 362 g/mol. The van der Waals surface area contributed by atoms with Gasteiger partial charge in [-0.15, -0.1) is 0 Å². The Morgan fingerprint density at radius 3 is 2.73 bits per heavy atom. The van der Waals surface area contributed by atoms with Crippen molar-refractivity contribution in [3.8, 4) is 0 Å². The minimum absolute atomic E-state index is 0.465. The Kier molecular flexibility index (Phi) is 5.81. The first-order chi connectivity index (χ1) is 12.6. The number of nitrogens with one attached hydrogen (secondary N) is 2. The first-order valence-corrected chi connectivity index (χ1v) is 8.89. The van der Waals surface area contributed by atoms with Crippen LogP contribution in [0.2, 0.25) is 0 Å². The summed E-state index contributed by atoms with van der Waals surface area (Å²) in [5, 5.41) is 7.88. The molecule has 132 valence electrons. The van der Waals surface area contributed by atoms with Crippen LogP contribution >= 0.6 is 12.2 Å². The van der Waals surface area contributed by atoms with Gasteiger partial charge >= 0.3 is 0 Å². The maximum Gasteiger partial charge on any atom is 0.191 e. The topological polar surface area (TPSA) is 41.4 Å². The molecule has 0 unspecified atom stereocenters. The second kappa shape index (κ2) is 8.45. The molecule has 0 spiro atoms. The average molecular weight is 363 g/mol. The number of aryl methyl sites for hydroxylation is 2. The van der Waals surface area contributed by atoms with Crippen LogP contribution in [0, 0.1) is 13.8 Å². The average Bonchev–Trinajstić information content (AvgIpc) is 3.04. The number of nitrogens with zero attached hydrogens (tertiary/aromatic N) is 2. The fourth-order valence-electron chi connectivity index (χ4n) is 2.72. The Bertz CT molecular complexity index is 927. The second-order valence-corrected chi connectivity index (χ2v) is 6.60. The molecule has 0 aliphatic rings. The number of hydrazone groups is 1. The third-order valence-corrected chi connectivity index (χ3v) is 4.25. The van der Waals surface area contributed by atoms with Crippen LogP contribution in [0.4, 0.5) is 5.69 Å². The Hall–Kier alpha value is -2.92. The lowest BCUT2D eigenvalue weighted by atomic mass is 10.1. The Labute approximate surface area is 159 Å². The summed E-state index contributed by atoms with van der Waals surface area (Å²) in [6.07, 6.45) is 3.83. The molecule has 0 aliphatic heterocycles. The molecule has 0 radical (unpaired) electrons. The van der Waals surface area contributed by atoms with E-state index < -0.39 is 0 Å². The van der Waals surface area contributed by atoms with E-state index in [0.29, 0.717) is 5.11 Å². The minimum atomic E-state index is 0.465. The summed E-state index contributed by atoms with van der Waals surface area (Å²) in [4.78, 5) is 0. The van der Waals surface area contributed by atoms with Gasteiger partial charge in [-0.25, -0.2) is 0 Å². The van der Waals surface area contributed by atoms with Crippen LogP contribution in [0.25, 0.3) is 0 Å². The van der Waals surface area contributed by atoms with Gasteiger partial charge in [-0.05, 0) is 55.4 Å². The standard InChI is InChI=1S/C21H22N4S/c1-16-7-5-9-18(13-16)15-25-12-6-10-19(25)14-22-24-21(26)23-20-11-4-3-8-17(20)2/h3-14H,15H2,1-2H3,(H2,23,24,26)/b22-14-. The fraction of sp³-hybridized carbons (Fsp3) is 0.143. The van der Waals surface area contributed by atoms with Crippen LogP contribution < -0.4 is 10.7 Å². The SMILES string of the molecule is Cc1cccc(Cn2cccc2/C=N\NC(=S)Nc2ccccc2C)c1. The highest BCUT2D eigenvalue weighted by Gasteiger charge is 2.01. The van der Waals surface area contributed by atoms with Gasteiger partial charge in [0.05, 0.1) is 11.9 Å². The van der Waals surface area contributed by atoms with Gasteiger partial charge in [0.25, 0.3) is 0 Å². The Morgan fingerprint density at radius 1 is 1.08 bits per heavy atom.